The third-order valence-corrected chi connectivity index (χ3v) is 4.37. The molecule has 1 heterocycles. The molecule has 1 unspecified atom stereocenters. The lowest BCUT2D eigenvalue weighted by molar-refractivity contribution is 0.520. The van der Waals surface area contributed by atoms with E-state index in [1.165, 1.54) is 11.3 Å². The second-order valence-electron chi connectivity index (χ2n) is 3.96. The maximum absolute atomic E-state index is 11.9. The van der Waals surface area contributed by atoms with E-state index < -0.39 is 11.2 Å². The maximum atomic E-state index is 11.9. The molecule has 0 aliphatic carbocycles. The highest BCUT2D eigenvalue weighted by Crippen LogP contribution is 2.17. The molecule has 0 spiro atoms. The van der Waals surface area contributed by atoms with Crippen LogP contribution in [0, 0.1) is 16.9 Å². The van der Waals surface area contributed by atoms with E-state index in [0.717, 1.165) is 0 Å². The second-order valence-corrected chi connectivity index (χ2v) is 6.40. The fraction of sp³-hybridized carbons (Fsp3) is 0.400. The van der Waals surface area contributed by atoms with Crippen molar-refractivity contribution in [3.63, 3.8) is 0 Å². The van der Waals surface area contributed by atoms with Gasteiger partial charge < -0.3 is 26.2 Å². The highest BCUT2D eigenvalue weighted by atomic mass is 32.2. The average molecular weight is 328 g/mol. The van der Waals surface area contributed by atoms with Gasteiger partial charge >= 0.3 is 0 Å². The molecule has 0 aliphatic heterocycles. The minimum absolute atomic E-state index is 0.0936. The number of guanidine groups is 2. The number of hydrogen-bond acceptors (Lipinski definition) is 6. The van der Waals surface area contributed by atoms with Crippen LogP contribution < -0.4 is 16.8 Å². The SMILES string of the molecule is CN(CC[S+]([O-])Cc1csc(NC(=N)N)n1)C(N)=NC#N. The molecule has 1 atom stereocenters. The van der Waals surface area contributed by atoms with Gasteiger partial charge in [0.2, 0.25) is 12.2 Å². The van der Waals surface area contributed by atoms with Crippen molar-refractivity contribution >= 4 is 39.6 Å². The molecular weight excluding hydrogens is 312 g/mol. The van der Waals surface area contributed by atoms with Crippen molar-refractivity contribution in [1.82, 2.24) is 9.88 Å². The van der Waals surface area contributed by atoms with Crippen LogP contribution in [0.25, 0.3) is 0 Å². The quantitative estimate of drug-likeness (QED) is 0.235. The number of anilines is 1. The van der Waals surface area contributed by atoms with Crippen molar-refractivity contribution in [3.05, 3.63) is 11.1 Å². The fourth-order valence-corrected chi connectivity index (χ4v) is 3.20. The van der Waals surface area contributed by atoms with E-state index in [-0.39, 0.29) is 11.9 Å². The number of nitriles is 1. The molecule has 0 saturated heterocycles. The van der Waals surface area contributed by atoms with E-state index in [9.17, 15) is 4.55 Å². The highest BCUT2D eigenvalue weighted by Gasteiger charge is 2.13. The summed E-state index contributed by atoms with van der Waals surface area (Å²) in [5.41, 5.74) is 11.4. The fourth-order valence-electron chi connectivity index (χ4n) is 1.27. The monoisotopic (exact) mass is 328 g/mol. The van der Waals surface area contributed by atoms with Gasteiger partial charge in [0, 0.05) is 12.4 Å². The van der Waals surface area contributed by atoms with Crippen LogP contribution in [-0.4, -0.2) is 45.7 Å². The summed E-state index contributed by atoms with van der Waals surface area (Å²) in [5.74, 6) is 0.590. The summed E-state index contributed by atoms with van der Waals surface area (Å²) >= 11 is 0.178. The lowest BCUT2D eigenvalue weighted by Crippen LogP contribution is -2.37. The van der Waals surface area contributed by atoms with Crippen molar-refractivity contribution in [1.29, 1.82) is 10.7 Å². The van der Waals surface area contributed by atoms with Gasteiger partial charge in [-0.25, -0.2) is 4.98 Å². The Morgan fingerprint density at radius 1 is 1.71 bits per heavy atom. The number of hydrogen-bond donors (Lipinski definition) is 4. The van der Waals surface area contributed by atoms with Crippen molar-refractivity contribution in [3.8, 4) is 6.19 Å². The predicted molar refractivity (Wildman–Crippen MR) is 84.2 cm³/mol. The third kappa shape index (κ3) is 6.30. The largest absolute Gasteiger partial charge is 0.616 e. The Morgan fingerprint density at radius 3 is 3.05 bits per heavy atom. The summed E-state index contributed by atoms with van der Waals surface area (Å²) in [6.07, 6.45) is 1.60. The Morgan fingerprint density at radius 2 is 2.43 bits per heavy atom. The molecular formula is C10H16N8OS2. The lowest BCUT2D eigenvalue weighted by Gasteiger charge is -2.18. The van der Waals surface area contributed by atoms with Gasteiger partial charge in [-0.2, -0.15) is 5.26 Å². The summed E-state index contributed by atoms with van der Waals surface area (Å²) in [5, 5.41) is 20.3. The standard InChI is InChI=1S/C10H16N8OS2/c1-18(9(14)15-6-11)2-3-21(19)5-7-4-20-10(16-7)17-8(12)13/h4H,2-3,5H2,1H3,(H2,14,15)(H4,12,13,16,17). The van der Waals surface area contributed by atoms with E-state index in [4.69, 9.17) is 22.1 Å². The Bertz CT molecular complexity index is 551. The lowest BCUT2D eigenvalue weighted by atomic mass is 10.6. The van der Waals surface area contributed by atoms with E-state index in [1.807, 2.05) is 0 Å². The molecule has 0 aromatic carbocycles. The molecule has 11 heteroatoms. The topological polar surface area (TPSA) is 163 Å². The zero-order valence-electron chi connectivity index (χ0n) is 11.4. The van der Waals surface area contributed by atoms with Crippen LogP contribution in [0.2, 0.25) is 0 Å². The molecule has 1 aromatic heterocycles. The number of nitrogens with one attached hydrogen (secondary N) is 2. The van der Waals surface area contributed by atoms with Gasteiger partial charge in [-0.1, -0.05) is 0 Å². The molecule has 0 aliphatic rings. The van der Waals surface area contributed by atoms with Gasteiger partial charge in [0.25, 0.3) is 0 Å². The smallest absolute Gasteiger partial charge is 0.209 e. The number of aromatic nitrogens is 1. The summed E-state index contributed by atoms with van der Waals surface area (Å²) in [6.45, 7) is 0.423. The van der Waals surface area contributed by atoms with E-state index in [0.29, 0.717) is 28.9 Å². The molecule has 0 amide bonds. The van der Waals surface area contributed by atoms with Gasteiger partial charge in [-0.3, -0.25) is 5.41 Å². The summed E-state index contributed by atoms with van der Waals surface area (Å²) in [6, 6.07) is 0. The van der Waals surface area contributed by atoms with Gasteiger partial charge in [0.1, 0.15) is 17.2 Å². The number of rotatable bonds is 6. The van der Waals surface area contributed by atoms with Crippen LogP contribution in [-0.2, 0) is 16.9 Å². The minimum Gasteiger partial charge on any atom is -0.616 e. The summed E-state index contributed by atoms with van der Waals surface area (Å²) in [4.78, 5) is 9.12. The van der Waals surface area contributed by atoms with Crippen molar-refractivity contribution in [2.75, 3.05) is 24.7 Å². The van der Waals surface area contributed by atoms with Crippen molar-refractivity contribution in [2.45, 2.75) is 5.75 Å². The minimum atomic E-state index is -1.12. The first kappa shape index (κ1) is 17.0. The Labute approximate surface area is 129 Å². The molecule has 21 heavy (non-hydrogen) atoms. The van der Waals surface area contributed by atoms with Gasteiger partial charge in [-0.15, -0.1) is 16.3 Å². The molecule has 1 aromatic rings. The van der Waals surface area contributed by atoms with Crippen LogP contribution in [0.1, 0.15) is 5.69 Å². The molecule has 1 rings (SSSR count). The first-order valence-corrected chi connectivity index (χ1v) is 8.13. The Balaban J connectivity index is 2.42. The predicted octanol–water partition coefficient (Wildman–Crippen LogP) is -0.575. The highest BCUT2D eigenvalue weighted by molar-refractivity contribution is 7.90. The summed E-state index contributed by atoms with van der Waals surface area (Å²) in [7, 11) is 1.67. The zero-order valence-corrected chi connectivity index (χ0v) is 13.0. The average Bonchev–Trinajstić information content (AvgIpc) is 2.82. The number of thiazole rings is 1. The Kier molecular flexibility index (Phi) is 6.73. The van der Waals surface area contributed by atoms with Crippen LogP contribution >= 0.6 is 11.3 Å². The molecule has 0 saturated carbocycles. The van der Waals surface area contributed by atoms with Crippen LogP contribution in [0.4, 0.5) is 5.13 Å². The van der Waals surface area contributed by atoms with E-state index in [1.54, 1.807) is 23.5 Å². The third-order valence-electron chi connectivity index (χ3n) is 2.31. The summed E-state index contributed by atoms with van der Waals surface area (Å²) < 4.78 is 11.9. The molecule has 0 radical (unpaired) electrons. The number of nitrogens with zero attached hydrogens (tertiary/aromatic N) is 4. The molecule has 6 N–H and O–H groups in total. The maximum Gasteiger partial charge on any atom is 0.209 e. The van der Waals surface area contributed by atoms with Crippen molar-refractivity contribution in [2.24, 2.45) is 16.5 Å². The number of nitrogens with two attached hydrogens (primary N) is 2. The normalized spacial score (nSPS) is 12.5. The van der Waals surface area contributed by atoms with E-state index >= 15 is 0 Å². The number of aliphatic imine (C=N–C) groups is 1. The van der Waals surface area contributed by atoms with Gasteiger partial charge in [0.05, 0.1) is 6.54 Å². The van der Waals surface area contributed by atoms with Crippen LogP contribution in [0.15, 0.2) is 10.4 Å². The molecule has 0 bridgehead atoms. The van der Waals surface area contributed by atoms with E-state index in [2.05, 4.69) is 15.3 Å². The van der Waals surface area contributed by atoms with Crippen molar-refractivity contribution < 1.29 is 4.55 Å². The Hall–Kier alpha value is -2.03. The first-order valence-electron chi connectivity index (χ1n) is 5.76. The molecule has 9 nitrogen and oxygen atoms in total. The molecule has 0 fully saturated rings. The second kappa shape index (κ2) is 8.30. The van der Waals surface area contributed by atoms with Crippen LogP contribution in [0.5, 0.6) is 0 Å². The van der Waals surface area contributed by atoms with Crippen LogP contribution in [0.3, 0.4) is 0 Å². The van der Waals surface area contributed by atoms with Gasteiger partial charge in [0.15, 0.2) is 11.1 Å². The van der Waals surface area contributed by atoms with Gasteiger partial charge in [-0.05, 0) is 11.2 Å². The molecule has 114 valence electrons. The zero-order chi connectivity index (χ0) is 15.8. The first-order chi connectivity index (χ1) is 9.92.